The molecule has 0 aliphatic carbocycles. The van der Waals surface area contributed by atoms with Gasteiger partial charge in [-0.15, -0.1) is 10.2 Å². The average molecular weight is 415 g/mol. The van der Waals surface area contributed by atoms with E-state index in [-0.39, 0.29) is 29.8 Å². The molecule has 0 spiro atoms. The van der Waals surface area contributed by atoms with Gasteiger partial charge in [-0.05, 0) is 49.7 Å². The van der Waals surface area contributed by atoms with Gasteiger partial charge in [-0.25, -0.2) is 4.39 Å². The first-order valence-corrected chi connectivity index (χ1v) is 9.83. The lowest BCUT2D eigenvalue weighted by atomic mass is 10.1. The lowest BCUT2D eigenvalue weighted by Gasteiger charge is -2.16. The molecule has 0 fully saturated rings. The number of benzene rings is 2. The summed E-state index contributed by atoms with van der Waals surface area (Å²) in [6, 6.07) is 11.1. The molecular formula is C20H18FN3O4S. The Labute approximate surface area is 170 Å². The lowest BCUT2D eigenvalue weighted by Crippen LogP contribution is -2.33. The summed E-state index contributed by atoms with van der Waals surface area (Å²) in [4.78, 5) is 12.5. The molecule has 1 amide bonds. The maximum absolute atomic E-state index is 13.0. The van der Waals surface area contributed by atoms with Crippen molar-refractivity contribution in [3.63, 3.8) is 0 Å². The van der Waals surface area contributed by atoms with Crippen molar-refractivity contribution < 1.29 is 23.1 Å². The van der Waals surface area contributed by atoms with Gasteiger partial charge in [0.2, 0.25) is 18.6 Å². The molecule has 0 unspecified atom stereocenters. The third kappa shape index (κ3) is 4.34. The summed E-state index contributed by atoms with van der Waals surface area (Å²) in [6.07, 6.45) is 0. The molecule has 4 rings (SSSR count). The summed E-state index contributed by atoms with van der Waals surface area (Å²) in [5, 5.41) is 10.8. The monoisotopic (exact) mass is 415 g/mol. The van der Waals surface area contributed by atoms with Gasteiger partial charge in [-0.3, -0.25) is 4.79 Å². The highest BCUT2D eigenvalue weighted by atomic mass is 32.2. The zero-order valence-corrected chi connectivity index (χ0v) is 16.5. The molecule has 7 nitrogen and oxygen atoms in total. The Morgan fingerprint density at radius 1 is 1.10 bits per heavy atom. The Morgan fingerprint density at radius 3 is 2.66 bits per heavy atom. The summed E-state index contributed by atoms with van der Waals surface area (Å²) in [5.74, 6) is 1.12. The summed E-state index contributed by atoms with van der Waals surface area (Å²) in [7, 11) is 0. The summed E-state index contributed by atoms with van der Waals surface area (Å²) in [6.45, 7) is 3.78. The Morgan fingerprint density at radius 2 is 1.86 bits per heavy atom. The first-order valence-electron chi connectivity index (χ1n) is 8.95. The van der Waals surface area contributed by atoms with Gasteiger partial charge in [0.25, 0.3) is 5.22 Å². The van der Waals surface area contributed by atoms with Crippen molar-refractivity contribution in [3.8, 4) is 23.0 Å². The van der Waals surface area contributed by atoms with Crippen molar-refractivity contribution in [2.75, 3.05) is 6.79 Å². The predicted octanol–water partition coefficient (Wildman–Crippen LogP) is 3.96. The molecule has 2 aromatic carbocycles. The van der Waals surface area contributed by atoms with Gasteiger partial charge in [0.1, 0.15) is 5.82 Å². The number of hydrogen-bond acceptors (Lipinski definition) is 7. The maximum atomic E-state index is 13.0. The van der Waals surface area contributed by atoms with Crippen LogP contribution in [0.15, 0.2) is 52.1 Å². The number of aromatic nitrogens is 2. The molecule has 150 valence electrons. The van der Waals surface area contributed by atoms with E-state index in [0.29, 0.717) is 23.0 Å². The number of fused-ring (bicyclic) bond motifs is 1. The maximum Gasteiger partial charge on any atom is 0.277 e. The topological polar surface area (TPSA) is 86.5 Å². The number of amides is 1. The molecule has 2 atom stereocenters. The van der Waals surface area contributed by atoms with Gasteiger partial charge in [0, 0.05) is 5.56 Å². The van der Waals surface area contributed by atoms with Crippen molar-refractivity contribution in [1.29, 1.82) is 0 Å². The normalized spacial score (nSPS) is 14.4. The highest BCUT2D eigenvalue weighted by Crippen LogP contribution is 2.36. The minimum Gasteiger partial charge on any atom is -0.454 e. The molecule has 0 bridgehead atoms. The number of nitrogens with zero attached hydrogens (tertiary/aromatic N) is 2. The first kappa shape index (κ1) is 19.3. The van der Waals surface area contributed by atoms with E-state index in [9.17, 15) is 9.18 Å². The number of rotatable bonds is 6. The van der Waals surface area contributed by atoms with Crippen LogP contribution in [0.4, 0.5) is 4.39 Å². The Hall–Kier alpha value is -3.07. The molecule has 1 aliphatic rings. The molecule has 0 radical (unpaired) electrons. The van der Waals surface area contributed by atoms with Crippen molar-refractivity contribution in [2.24, 2.45) is 0 Å². The van der Waals surface area contributed by atoms with Crippen molar-refractivity contribution in [3.05, 3.63) is 53.8 Å². The fourth-order valence-corrected chi connectivity index (χ4v) is 3.47. The van der Waals surface area contributed by atoms with Crippen LogP contribution >= 0.6 is 11.8 Å². The van der Waals surface area contributed by atoms with E-state index >= 15 is 0 Å². The van der Waals surface area contributed by atoms with E-state index in [1.54, 1.807) is 37.3 Å². The molecule has 1 aliphatic heterocycles. The van der Waals surface area contributed by atoms with Gasteiger partial charge in [0.05, 0.1) is 11.3 Å². The van der Waals surface area contributed by atoms with Gasteiger partial charge < -0.3 is 19.2 Å². The van der Waals surface area contributed by atoms with E-state index in [4.69, 9.17) is 13.9 Å². The van der Waals surface area contributed by atoms with Crippen LogP contribution in [0.5, 0.6) is 11.5 Å². The molecule has 1 aromatic heterocycles. The Kier molecular flexibility index (Phi) is 5.39. The van der Waals surface area contributed by atoms with Crippen LogP contribution in [-0.4, -0.2) is 28.1 Å². The van der Waals surface area contributed by atoms with E-state index in [0.717, 1.165) is 17.3 Å². The summed E-state index contributed by atoms with van der Waals surface area (Å²) in [5.41, 5.74) is 1.52. The predicted molar refractivity (Wildman–Crippen MR) is 104 cm³/mol. The van der Waals surface area contributed by atoms with E-state index < -0.39 is 5.25 Å². The molecular weight excluding hydrogens is 397 g/mol. The smallest absolute Gasteiger partial charge is 0.277 e. The third-order valence-electron chi connectivity index (χ3n) is 4.40. The zero-order chi connectivity index (χ0) is 20.4. The van der Waals surface area contributed by atoms with Crippen LogP contribution < -0.4 is 14.8 Å². The number of halogens is 1. The van der Waals surface area contributed by atoms with Gasteiger partial charge in [0.15, 0.2) is 11.5 Å². The van der Waals surface area contributed by atoms with E-state index in [2.05, 4.69) is 15.5 Å². The first-order chi connectivity index (χ1) is 14.0. The zero-order valence-electron chi connectivity index (χ0n) is 15.7. The number of ether oxygens (including phenoxy) is 2. The number of carbonyl (C=O) groups excluding carboxylic acids is 1. The number of hydrogen-bond donors (Lipinski definition) is 1. The molecule has 0 saturated carbocycles. The summed E-state index contributed by atoms with van der Waals surface area (Å²) < 4.78 is 29.4. The molecule has 1 N–H and O–H groups in total. The minimum atomic E-state index is -0.456. The van der Waals surface area contributed by atoms with E-state index in [1.165, 1.54) is 12.1 Å². The Balaban J connectivity index is 1.37. The fraction of sp³-hybridized carbons (Fsp3) is 0.250. The second kappa shape index (κ2) is 8.12. The van der Waals surface area contributed by atoms with E-state index in [1.807, 2.05) is 6.92 Å². The summed E-state index contributed by atoms with van der Waals surface area (Å²) >= 11 is 1.16. The van der Waals surface area contributed by atoms with Crippen LogP contribution in [-0.2, 0) is 4.79 Å². The van der Waals surface area contributed by atoms with Crippen LogP contribution in [0.1, 0.15) is 25.5 Å². The quantitative estimate of drug-likeness (QED) is 0.610. The molecule has 0 saturated heterocycles. The van der Waals surface area contributed by atoms with Crippen molar-refractivity contribution >= 4 is 17.7 Å². The SMILES string of the molecule is C[C@H](NC(=O)[C@@H](C)Sc1nnc(-c2ccc3c(c2)OCO3)o1)c1ccc(F)cc1. The third-order valence-corrected chi connectivity index (χ3v) is 5.34. The molecule has 2 heterocycles. The molecule has 9 heteroatoms. The highest BCUT2D eigenvalue weighted by Gasteiger charge is 2.21. The van der Waals surface area contributed by atoms with Crippen molar-refractivity contribution in [2.45, 2.75) is 30.4 Å². The second-order valence-corrected chi connectivity index (χ2v) is 7.78. The second-order valence-electron chi connectivity index (χ2n) is 6.48. The Bertz CT molecular complexity index is 1020. The van der Waals surface area contributed by atoms with Gasteiger partial charge in [-0.2, -0.15) is 0 Å². The minimum absolute atomic E-state index is 0.186. The highest BCUT2D eigenvalue weighted by molar-refractivity contribution is 8.00. The van der Waals surface area contributed by atoms with Crippen LogP contribution in [0, 0.1) is 5.82 Å². The number of carbonyl (C=O) groups is 1. The molecule has 3 aromatic rings. The van der Waals surface area contributed by atoms with Crippen LogP contribution in [0.3, 0.4) is 0 Å². The average Bonchev–Trinajstić information content (AvgIpc) is 3.37. The standard InChI is InChI=1S/C20H18FN3O4S/c1-11(13-3-6-15(21)7-4-13)22-18(25)12(2)29-20-24-23-19(28-20)14-5-8-16-17(9-14)27-10-26-16/h3-9,11-12H,10H2,1-2H3,(H,22,25)/t11-,12+/m0/s1. The van der Waals surface area contributed by atoms with Gasteiger partial charge in [-0.1, -0.05) is 23.9 Å². The van der Waals surface area contributed by atoms with Gasteiger partial charge >= 0.3 is 0 Å². The fourth-order valence-electron chi connectivity index (χ4n) is 2.77. The number of nitrogens with one attached hydrogen (secondary N) is 1. The largest absolute Gasteiger partial charge is 0.454 e. The van der Waals surface area contributed by atoms with Crippen LogP contribution in [0.25, 0.3) is 11.5 Å². The van der Waals surface area contributed by atoms with Crippen LogP contribution in [0.2, 0.25) is 0 Å². The molecule has 29 heavy (non-hydrogen) atoms. The van der Waals surface area contributed by atoms with Crippen molar-refractivity contribution in [1.82, 2.24) is 15.5 Å². The number of thioether (sulfide) groups is 1. The lowest BCUT2D eigenvalue weighted by molar-refractivity contribution is -0.120.